The zero-order valence-corrected chi connectivity index (χ0v) is 16.7. The third-order valence-corrected chi connectivity index (χ3v) is 5.90. The van der Waals surface area contributed by atoms with Gasteiger partial charge in [0.15, 0.2) is 5.96 Å². The van der Waals surface area contributed by atoms with Crippen molar-refractivity contribution in [2.75, 3.05) is 39.8 Å². The molecule has 0 radical (unpaired) electrons. The lowest BCUT2D eigenvalue weighted by molar-refractivity contribution is -0.169. The van der Waals surface area contributed by atoms with Gasteiger partial charge < -0.3 is 19.9 Å². The third-order valence-electron chi connectivity index (χ3n) is 5.90. The van der Waals surface area contributed by atoms with Gasteiger partial charge >= 0.3 is 0 Å². The van der Waals surface area contributed by atoms with Crippen molar-refractivity contribution in [2.45, 2.75) is 65.5 Å². The first-order valence-corrected chi connectivity index (χ1v) is 9.93. The van der Waals surface area contributed by atoms with E-state index >= 15 is 0 Å². The molecule has 6 heteroatoms. The van der Waals surface area contributed by atoms with Crippen LogP contribution in [0.1, 0.15) is 53.4 Å². The number of aliphatic imine (C=N–C) groups is 1. The minimum absolute atomic E-state index is 0.150. The first-order valence-electron chi connectivity index (χ1n) is 9.93. The summed E-state index contributed by atoms with van der Waals surface area (Å²) in [5.74, 6) is 0.992. The molecule has 2 fully saturated rings. The van der Waals surface area contributed by atoms with Crippen molar-refractivity contribution >= 4 is 11.9 Å². The van der Waals surface area contributed by atoms with Gasteiger partial charge in [0, 0.05) is 44.7 Å². The minimum atomic E-state index is 0.150. The normalized spacial score (nSPS) is 24.4. The molecule has 2 atom stereocenters. The van der Waals surface area contributed by atoms with Gasteiger partial charge in [0.2, 0.25) is 5.91 Å². The maximum absolute atomic E-state index is 12.4. The van der Waals surface area contributed by atoms with Crippen LogP contribution in [0.5, 0.6) is 0 Å². The number of carbonyl (C=O) groups excluding carboxylic acids is 1. The molecular weight excluding hydrogens is 316 g/mol. The molecule has 0 heterocycles. The van der Waals surface area contributed by atoms with E-state index in [2.05, 4.69) is 17.2 Å². The molecule has 2 aliphatic carbocycles. The Hall–Kier alpha value is -1.30. The maximum atomic E-state index is 12.4. The number of rotatable bonds is 8. The van der Waals surface area contributed by atoms with Crippen molar-refractivity contribution in [1.82, 2.24) is 15.1 Å². The number of guanidine groups is 1. The fourth-order valence-corrected chi connectivity index (χ4v) is 4.18. The van der Waals surface area contributed by atoms with E-state index in [1.165, 1.54) is 19.3 Å². The zero-order valence-electron chi connectivity index (χ0n) is 16.7. The lowest BCUT2D eigenvalue weighted by Gasteiger charge is -2.61. The molecule has 0 aromatic carbocycles. The summed E-state index contributed by atoms with van der Waals surface area (Å²) in [6.07, 6.45) is 5.18. The topological polar surface area (TPSA) is 57.2 Å². The summed E-state index contributed by atoms with van der Waals surface area (Å²) in [6.45, 7) is 11.5. The second-order valence-electron chi connectivity index (χ2n) is 7.18. The highest BCUT2D eigenvalue weighted by molar-refractivity contribution is 5.86. The first kappa shape index (κ1) is 20.0. The minimum Gasteiger partial charge on any atom is -0.378 e. The summed E-state index contributed by atoms with van der Waals surface area (Å²) >= 11 is 0. The van der Waals surface area contributed by atoms with Crippen LogP contribution in [0.3, 0.4) is 0 Å². The first-order chi connectivity index (χ1) is 12.0. The molecule has 0 aromatic rings. The Bertz CT molecular complexity index is 472. The number of carbonyl (C=O) groups is 1. The van der Waals surface area contributed by atoms with Crippen molar-refractivity contribution in [3.63, 3.8) is 0 Å². The molecule has 2 unspecified atom stereocenters. The van der Waals surface area contributed by atoms with E-state index in [4.69, 9.17) is 4.74 Å². The molecular formula is C19H36N4O2. The standard InChI is InChI=1S/C19H36N4O2/c1-6-20-18(22(5)14-17(24)23(7-2)8-3)21-15-13-16(25-9-4)19(15)11-10-12-19/h15-16H,6-14H2,1-5H3,(H,20,21). The van der Waals surface area contributed by atoms with Gasteiger partial charge in [-0.3, -0.25) is 9.79 Å². The van der Waals surface area contributed by atoms with E-state index in [0.717, 1.165) is 32.1 Å². The number of nitrogens with zero attached hydrogens (tertiary/aromatic N) is 3. The average molecular weight is 353 g/mol. The number of amides is 1. The van der Waals surface area contributed by atoms with Gasteiger partial charge in [0.25, 0.3) is 0 Å². The van der Waals surface area contributed by atoms with E-state index in [1.54, 1.807) is 0 Å². The van der Waals surface area contributed by atoms with Gasteiger partial charge in [0.1, 0.15) is 0 Å². The fraction of sp³-hybridized carbons (Fsp3) is 0.895. The molecule has 1 amide bonds. The third kappa shape index (κ3) is 4.10. The van der Waals surface area contributed by atoms with Crippen LogP contribution in [0.4, 0.5) is 0 Å². The van der Waals surface area contributed by atoms with Crippen molar-refractivity contribution in [2.24, 2.45) is 10.4 Å². The number of likely N-dealkylation sites (N-methyl/N-ethyl adjacent to an activating group) is 2. The molecule has 2 aliphatic rings. The van der Waals surface area contributed by atoms with E-state index in [1.807, 2.05) is 37.6 Å². The molecule has 0 bridgehead atoms. The van der Waals surface area contributed by atoms with Crippen LogP contribution in [-0.2, 0) is 9.53 Å². The van der Waals surface area contributed by atoms with Crippen LogP contribution in [0.15, 0.2) is 4.99 Å². The van der Waals surface area contributed by atoms with Crippen molar-refractivity contribution in [3.8, 4) is 0 Å². The van der Waals surface area contributed by atoms with Crippen molar-refractivity contribution in [3.05, 3.63) is 0 Å². The molecule has 2 saturated carbocycles. The second-order valence-corrected chi connectivity index (χ2v) is 7.18. The lowest BCUT2D eigenvalue weighted by atomic mass is 9.51. The monoisotopic (exact) mass is 352 g/mol. The highest BCUT2D eigenvalue weighted by atomic mass is 16.5. The SMILES string of the molecule is CCN=C(NC1CC(OCC)C12CCC2)N(C)CC(=O)N(CC)CC. The van der Waals surface area contributed by atoms with Gasteiger partial charge in [-0.1, -0.05) is 6.42 Å². The van der Waals surface area contributed by atoms with Crippen LogP contribution >= 0.6 is 0 Å². The predicted molar refractivity (Wildman–Crippen MR) is 102 cm³/mol. The summed E-state index contributed by atoms with van der Waals surface area (Å²) in [5.41, 5.74) is 0.286. The van der Waals surface area contributed by atoms with Crippen LogP contribution in [-0.4, -0.2) is 73.6 Å². The summed E-state index contributed by atoms with van der Waals surface area (Å²) in [4.78, 5) is 20.9. The van der Waals surface area contributed by atoms with E-state index in [-0.39, 0.29) is 11.3 Å². The second kappa shape index (κ2) is 8.88. The Morgan fingerprint density at radius 2 is 1.92 bits per heavy atom. The highest BCUT2D eigenvalue weighted by Gasteiger charge is 2.59. The summed E-state index contributed by atoms with van der Waals surface area (Å²) in [5, 5.41) is 3.64. The Labute approximate surface area is 153 Å². The van der Waals surface area contributed by atoms with Gasteiger partial charge in [0.05, 0.1) is 12.6 Å². The average Bonchev–Trinajstić information content (AvgIpc) is 2.52. The lowest BCUT2D eigenvalue weighted by Crippen LogP contribution is -2.68. The molecule has 0 saturated heterocycles. The molecule has 6 nitrogen and oxygen atoms in total. The Balaban J connectivity index is 1.97. The smallest absolute Gasteiger partial charge is 0.242 e. The van der Waals surface area contributed by atoms with Crippen molar-refractivity contribution in [1.29, 1.82) is 0 Å². The molecule has 2 rings (SSSR count). The van der Waals surface area contributed by atoms with E-state index in [0.29, 0.717) is 25.2 Å². The van der Waals surface area contributed by atoms with E-state index < -0.39 is 0 Å². The Morgan fingerprint density at radius 1 is 1.24 bits per heavy atom. The van der Waals surface area contributed by atoms with Crippen LogP contribution in [0.25, 0.3) is 0 Å². The van der Waals surface area contributed by atoms with Gasteiger partial charge in [-0.2, -0.15) is 0 Å². The quantitative estimate of drug-likeness (QED) is 0.537. The Morgan fingerprint density at radius 3 is 2.40 bits per heavy atom. The van der Waals surface area contributed by atoms with Crippen LogP contribution in [0, 0.1) is 5.41 Å². The van der Waals surface area contributed by atoms with Gasteiger partial charge in [-0.25, -0.2) is 0 Å². The zero-order chi connectivity index (χ0) is 18.4. The molecule has 1 spiro atoms. The maximum Gasteiger partial charge on any atom is 0.242 e. The number of ether oxygens (including phenoxy) is 1. The predicted octanol–water partition coefficient (Wildman–Crippen LogP) is 2.10. The van der Waals surface area contributed by atoms with Crippen LogP contribution < -0.4 is 5.32 Å². The number of nitrogens with one attached hydrogen (secondary N) is 1. The van der Waals surface area contributed by atoms with Gasteiger partial charge in [-0.15, -0.1) is 0 Å². The largest absolute Gasteiger partial charge is 0.378 e. The van der Waals surface area contributed by atoms with Gasteiger partial charge in [-0.05, 0) is 47.0 Å². The summed E-state index contributed by atoms with van der Waals surface area (Å²) < 4.78 is 5.94. The molecule has 1 N–H and O–H groups in total. The highest BCUT2D eigenvalue weighted by Crippen LogP contribution is 2.57. The van der Waals surface area contributed by atoms with Crippen molar-refractivity contribution < 1.29 is 9.53 Å². The molecule has 25 heavy (non-hydrogen) atoms. The molecule has 144 valence electrons. The summed E-state index contributed by atoms with van der Waals surface area (Å²) in [6, 6.07) is 0.411. The number of hydrogen-bond acceptors (Lipinski definition) is 3. The Kier molecular flexibility index (Phi) is 7.11. The molecule has 0 aromatic heterocycles. The number of hydrogen-bond donors (Lipinski definition) is 1. The summed E-state index contributed by atoms with van der Waals surface area (Å²) in [7, 11) is 1.95. The molecule has 0 aliphatic heterocycles. The fourth-order valence-electron chi connectivity index (χ4n) is 4.18. The van der Waals surface area contributed by atoms with E-state index in [9.17, 15) is 4.79 Å². The van der Waals surface area contributed by atoms with Crippen LogP contribution in [0.2, 0.25) is 0 Å².